The molecule has 3 rings (SSSR count). The molecule has 1 N–H and O–H groups in total. The van der Waals surface area contributed by atoms with Crippen molar-refractivity contribution < 1.29 is 13.9 Å². The van der Waals surface area contributed by atoms with Gasteiger partial charge in [0.15, 0.2) is 23.7 Å². The molecule has 7 heteroatoms. The highest BCUT2D eigenvalue weighted by Gasteiger charge is 2.17. The van der Waals surface area contributed by atoms with Crippen molar-refractivity contribution in [2.45, 2.75) is 26.2 Å². The summed E-state index contributed by atoms with van der Waals surface area (Å²) in [6.07, 6.45) is 9.35. The van der Waals surface area contributed by atoms with E-state index in [1.165, 1.54) is 18.7 Å². The standard InChI is InChI=1S/C21H25FN4O2/c1-3-4-5-8-26(2)9-6-15-11-17(18(22)12-16(15)14-27)20-24-13-19-21(25-20)23-7-10-28-19/h6,9,11-14H,3-5,7-8,10H2,1-2H3,(H,23,24,25)/b9-6-. The molecule has 28 heavy (non-hydrogen) atoms. The van der Waals surface area contributed by atoms with Crippen molar-refractivity contribution in [2.24, 2.45) is 0 Å². The molecule has 0 aliphatic carbocycles. The van der Waals surface area contributed by atoms with Crippen LogP contribution in [-0.4, -0.2) is 47.9 Å². The lowest BCUT2D eigenvalue weighted by Crippen LogP contribution is -2.19. The molecular formula is C21H25FN4O2. The fraction of sp³-hybridized carbons (Fsp3) is 0.381. The number of hydrogen-bond donors (Lipinski definition) is 1. The quantitative estimate of drug-likeness (QED) is 0.548. The van der Waals surface area contributed by atoms with Crippen LogP contribution in [0.2, 0.25) is 0 Å². The van der Waals surface area contributed by atoms with E-state index < -0.39 is 5.82 Å². The average Bonchev–Trinajstić information content (AvgIpc) is 2.72. The maximum absolute atomic E-state index is 14.6. The van der Waals surface area contributed by atoms with Crippen molar-refractivity contribution in [3.05, 3.63) is 41.5 Å². The van der Waals surface area contributed by atoms with E-state index >= 15 is 0 Å². The van der Waals surface area contributed by atoms with Gasteiger partial charge in [-0.2, -0.15) is 0 Å². The zero-order chi connectivity index (χ0) is 19.9. The Hall–Kier alpha value is -2.96. The van der Waals surface area contributed by atoms with Crippen LogP contribution in [0.15, 0.2) is 24.5 Å². The summed E-state index contributed by atoms with van der Waals surface area (Å²) in [5.74, 6) is 0.807. The van der Waals surface area contributed by atoms with E-state index in [1.807, 2.05) is 19.3 Å². The first-order valence-corrected chi connectivity index (χ1v) is 9.53. The summed E-state index contributed by atoms with van der Waals surface area (Å²) in [6.45, 7) is 4.26. The average molecular weight is 384 g/mol. The SMILES string of the molecule is CCCCCN(C)/C=C\c1cc(-c2ncc3c(n2)NCCO3)c(F)cc1C=O. The molecule has 0 unspecified atom stereocenters. The van der Waals surface area contributed by atoms with Gasteiger partial charge in [0, 0.05) is 19.2 Å². The molecular weight excluding hydrogens is 359 g/mol. The molecule has 1 aliphatic rings. The lowest BCUT2D eigenvalue weighted by atomic mass is 10.0. The van der Waals surface area contributed by atoms with Crippen molar-refractivity contribution in [1.29, 1.82) is 0 Å². The molecule has 0 radical (unpaired) electrons. The highest BCUT2D eigenvalue weighted by Crippen LogP contribution is 2.29. The molecule has 0 fully saturated rings. The van der Waals surface area contributed by atoms with Gasteiger partial charge in [-0.3, -0.25) is 4.79 Å². The Kier molecular flexibility index (Phi) is 6.57. The van der Waals surface area contributed by atoms with Gasteiger partial charge in [-0.05, 0) is 36.4 Å². The van der Waals surface area contributed by atoms with Crippen LogP contribution in [0.4, 0.5) is 10.2 Å². The molecule has 2 heterocycles. The van der Waals surface area contributed by atoms with Gasteiger partial charge in [0.25, 0.3) is 0 Å². The van der Waals surface area contributed by atoms with E-state index in [0.29, 0.717) is 42.1 Å². The van der Waals surface area contributed by atoms with Gasteiger partial charge in [-0.15, -0.1) is 0 Å². The van der Waals surface area contributed by atoms with Gasteiger partial charge in [0.1, 0.15) is 12.4 Å². The Labute approximate surface area is 164 Å². The minimum atomic E-state index is -0.535. The van der Waals surface area contributed by atoms with Crippen LogP contribution >= 0.6 is 0 Å². The number of carbonyl (C=O) groups excluding carboxylic acids is 1. The van der Waals surface area contributed by atoms with Crippen molar-refractivity contribution in [1.82, 2.24) is 14.9 Å². The fourth-order valence-electron chi connectivity index (χ4n) is 2.98. The molecule has 1 aromatic heterocycles. The lowest BCUT2D eigenvalue weighted by Gasteiger charge is -2.18. The van der Waals surface area contributed by atoms with E-state index in [1.54, 1.807) is 6.07 Å². The number of nitrogens with zero attached hydrogens (tertiary/aromatic N) is 3. The van der Waals surface area contributed by atoms with Crippen LogP contribution in [-0.2, 0) is 0 Å². The summed E-state index contributed by atoms with van der Waals surface area (Å²) >= 11 is 0. The number of aromatic nitrogens is 2. The van der Waals surface area contributed by atoms with Gasteiger partial charge in [0.2, 0.25) is 0 Å². The molecule has 0 bridgehead atoms. The monoisotopic (exact) mass is 384 g/mol. The number of unbranched alkanes of at least 4 members (excludes halogenated alkanes) is 2. The number of ether oxygens (including phenoxy) is 1. The third-order valence-electron chi connectivity index (χ3n) is 4.57. The molecule has 6 nitrogen and oxygen atoms in total. The molecule has 0 saturated carbocycles. The smallest absolute Gasteiger partial charge is 0.179 e. The Balaban J connectivity index is 1.89. The number of anilines is 1. The largest absolute Gasteiger partial charge is 0.486 e. The summed E-state index contributed by atoms with van der Waals surface area (Å²) in [7, 11) is 1.98. The van der Waals surface area contributed by atoms with Crippen molar-refractivity contribution >= 4 is 18.2 Å². The van der Waals surface area contributed by atoms with Crippen molar-refractivity contribution in [3.63, 3.8) is 0 Å². The van der Waals surface area contributed by atoms with Crippen LogP contribution in [0.5, 0.6) is 5.75 Å². The van der Waals surface area contributed by atoms with Crippen LogP contribution in [0.1, 0.15) is 42.1 Å². The summed E-state index contributed by atoms with van der Waals surface area (Å²) in [4.78, 5) is 22.1. The number of aldehydes is 1. The molecule has 0 spiro atoms. The van der Waals surface area contributed by atoms with Crippen molar-refractivity contribution in [2.75, 3.05) is 32.1 Å². The minimum Gasteiger partial charge on any atom is -0.486 e. The number of carbonyl (C=O) groups is 1. The first-order chi connectivity index (χ1) is 13.6. The maximum Gasteiger partial charge on any atom is 0.179 e. The number of halogens is 1. The van der Waals surface area contributed by atoms with Crippen LogP contribution < -0.4 is 10.1 Å². The summed E-state index contributed by atoms with van der Waals surface area (Å²) in [6, 6.07) is 2.84. The molecule has 1 aromatic carbocycles. The van der Waals surface area contributed by atoms with Crippen LogP contribution in [0.3, 0.4) is 0 Å². The van der Waals surface area contributed by atoms with E-state index in [-0.39, 0.29) is 11.4 Å². The predicted octanol–water partition coefficient (Wildman–Crippen LogP) is 3.99. The summed E-state index contributed by atoms with van der Waals surface area (Å²) < 4.78 is 20.1. The molecule has 148 valence electrons. The maximum atomic E-state index is 14.6. The Morgan fingerprint density at radius 3 is 2.96 bits per heavy atom. The van der Waals surface area contributed by atoms with Gasteiger partial charge in [-0.25, -0.2) is 14.4 Å². The Bertz CT molecular complexity index is 870. The molecule has 2 aromatic rings. The number of benzene rings is 1. The van der Waals surface area contributed by atoms with Gasteiger partial charge in [0.05, 0.1) is 18.3 Å². The number of hydrogen-bond acceptors (Lipinski definition) is 6. The summed E-state index contributed by atoms with van der Waals surface area (Å²) in [5.41, 5.74) is 1.16. The zero-order valence-corrected chi connectivity index (χ0v) is 16.2. The molecule has 0 amide bonds. The van der Waals surface area contributed by atoms with E-state index in [0.717, 1.165) is 19.4 Å². The number of nitrogens with one attached hydrogen (secondary N) is 1. The summed E-state index contributed by atoms with van der Waals surface area (Å²) in [5, 5.41) is 3.12. The molecule has 0 atom stereocenters. The first-order valence-electron chi connectivity index (χ1n) is 9.53. The zero-order valence-electron chi connectivity index (χ0n) is 16.2. The van der Waals surface area contributed by atoms with Crippen LogP contribution in [0.25, 0.3) is 17.5 Å². The van der Waals surface area contributed by atoms with Gasteiger partial charge in [-0.1, -0.05) is 19.8 Å². The van der Waals surface area contributed by atoms with Crippen molar-refractivity contribution in [3.8, 4) is 17.1 Å². The van der Waals surface area contributed by atoms with Gasteiger partial charge >= 0.3 is 0 Å². The van der Waals surface area contributed by atoms with Gasteiger partial charge < -0.3 is 15.0 Å². The Morgan fingerprint density at radius 1 is 1.32 bits per heavy atom. The molecule has 1 aliphatic heterocycles. The fourth-order valence-corrected chi connectivity index (χ4v) is 2.98. The minimum absolute atomic E-state index is 0.244. The highest BCUT2D eigenvalue weighted by atomic mass is 19.1. The predicted molar refractivity (Wildman–Crippen MR) is 108 cm³/mol. The second-order valence-electron chi connectivity index (χ2n) is 6.76. The van der Waals surface area contributed by atoms with E-state index in [9.17, 15) is 9.18 Å². The lowest BCUT2D eigenvalue weighted by molar-refractivity contribution is 0.112. The highest BCUT2D eigenvalue weighted by molar-refractivity contribution is 5.84. The van der Waals surface area contributed by atoms with E-state index in [4.69, 9.17) is 4.74 Å². The second kappa shape index (κ2) is 9.30. The second-order valence-corrected chi connectivity index (χ2v) is 6.76. The number of rotatable bonds is 8. The Morgan fingerprint density at radius 2 is 2.18 bits per heavy atom. The van der Waals surface area contributed by atoms with E-state index in [2.05, 4.69) is 27.1 Å². The third-order valence-corrected chi connectivity index (χ3v) is 4.57. The molecule has 0 saturated heterocycles. The third kappa shape index (κ3) is 4.65. The number of fused-ring (bicyclic) bond motifs is 1. The normalized spacial score (nSPS) is 13.0. The topological polar surface area (TPSA) is 67.3 Å². The van der Waals surface area contributed by atoms with Crippen LogP contribution in [0, 0.1) is 5.82 Å². The first kappa shape index (κ1) is 19.8.